The third kappa shape index (κ3) is 11.2. The van der Waals surface area contributed by atoms with E-state index in [1.165, 1.54) is 11.8 Å². The molecule has 0 saturated heterocycles. The van der Waals surface area contributed by atoms with E-state index in [1.54, 1.807) is 36.5 Å². The molecule has 0 radical (unpaired) electrons. The van der Waals surface area contributed by atoms with E-state index in [2.05, 4.69) is 43.1 Å². The molecule has 51 heavy (non-hydrogen) atoms. The zero-order valence-corrected chi connectivity index (χ0v) is 27.3. The van der Waals surface area contributed by atoms with Gasteiger partial charge in [0.25, 0.3) is 0 Å². The molecule has 0 saturated carbocycles. The van der Waals surface area contributed by atoms with E-state index >= 15 is 0 Å². The summed E-state index contributed by atoms with van der Waals surface area (Å²) in [5.41, 5.74) is 9.42. The number of benzene rings is 2. The Morgan fingerprint density at radius 1 is 0.863 bits per heavy atom. The first-order chi connectivity index (χ1) is 24.2. The van der Waals surface area contributed by atoms with Gasteiger partial charge in [-0.2, -0.15) is 0 Å². The largest absolute Gasteiger partial charge is 0.480 e. The summed E-state index contributed by atoms with van der Waals surface area (Å²) in [7, 11) is 0. The quantitative estimate of drug-likeness (QED) is 0.0413. The van der Waals surface area contributed by atoms with E-state index in [1.807, 2.05) is 24.3 Å². The van der Waals surface area contributed by atoms with Crippen molar-refractivity contribution in [2.75, 3.05) is 43.8 Å². The number of carbonyl (C=O) groups excluding carboxylic acids is 1. The lowest BCUT2D eigenvalue weighted by molar-refractivity contribution is -0.140. The second-order valence-corrected chi connectivity index (χ2v) is 11.6. The summed E-state index contributed by atoms with van der Waals surface area (Å²) >= 11 is 0. The van der Waals surface area contributed by atoms with Crippen LogP contribution in [0.4, 0.5) is 11.4 Å². The highest BCUT2D eigenvalue weighted by Crippen LogP contribution is 2.25. The van der Waals surface area contributed by atoms with Crippen LogP contribution in [-0.4, -0.2) is 110 Å². The number of nitrogens with two attached hydrogens (primary N) is 1. The molecule has 0 aliphatic rings. The van der Waals surface area contributed by atoms with Gasteiger partial charge in [0.2, 0.25) is 5.91 Å². The molecule has 0 fully saturated rings. The number of carbonyl (C=O) groups is 5. The smallest absolute Gasteiger partial charge is 0.320 e. The normalized spacial score (nSPS) is 11.9. The number of nitrogens with zero attached hydrogens (tertiary/aromatic N) is 3. The SMILES string of the molecule is CC(NCC(=O)O)(NCC(=O)O)NC(CCN(CC(=O)O)CC(=O)Nc1ccc(C#Cc2nc3c(ccc4cccnc43)cc2N)cc1)C(=O)O. The summed E-state index contributed by atoms with van der Waals surface area (Å²) in [5, 5.41) is 49.4. The number of hydrogen-bond acceptors (Lipinski definition) is 12. The number of carboxylic acid groups (broad SMARTS) is 4. The van der Waals surface area contributed by atoms with Gasteiger partial charge >= 0.3 is 23.9 Å². The summed E-state index contributed by atoms with van der Waals surface area (Å²) in [6, 6.07) is 14.6. The fourth-order valence-corrected chi connectivity index (χ4v) is 5.06. The monoisotopic (exact) mass is 700 g/mol. The van der Waals surface area contributed by atoms with Crippen LogP contribution in [0.15, 0.2) is 60.8 Å². The average Bonchev–Trinajstić information content (AvgIpc) is 3.07. The van der Waals surface area contributed by atoms with Crippen molar-refractivity contribution in [3.63, 3.8) is 0 Å². The van der Waals surface area contributed by atoms with Crippen LogP contribution in [0.2, 0.25) is 0 Å². The van der Waals surface area contributed by atoms with Crippen molar-refractivity contribution in [2.24, 2.45) is 0 Å². The van der Waals surface area contributed by atoms with Crippen LogP contribution in [-0.2, 0) is 24.0 Å². The molecule has 17 nitrogen and oxygen atoms in total. The Hall–Kier alpha value is -6.19. The Balaban J connectivity index is 1.39. The minimum Gasteiger partial charge on any atom is -0.480 e. The molecule has 0 aliphatic heterocycles. The van der Waals surface area contributed by atoms with E-state index in [-0.39, 0.29) is 13.0 Å². The predicted octanol–water partition coefficient (Wildman–Crippen LogP) is 0.545. The molecule has 17 heteroatoms. The van der Waals surface area contributed by atoms with Gasteiger partial charge in [0, 0.05) is 34.8 Å². The van der Waals surface area contributed by atoms with Gasteiger partial charge in [-0.3, -0.25) is 49.8 Å². The van der Waals surface area contributed by atoms with Gasteiger partial charge in [-0.1, -0.05) is 24.1 Å². The number of rotatable bonds is 17. The predicted molar refractivity (Wildman–Crippen MR) is 185 cm³/mol. The highest BCUT2D eigenvalue weighted by Gasteiger charge is 2.31. The summed E-state index contributed by atoms with van der Waals surface area (Å²) in [6.45, 7) is -1.10. The number of nitrogens with one attached hydrogen (secondary N) is 4. The number of aliphatic carboxylic acids is 4. The number of pyridine rings is 2. The molecule has 1 unspecified atom stereocenters. The number of aromatic nitrogens is 2. The molecule has 4 aromatic rings. The van der Waals surface area contributed by atoms with Gasteiger partial charge in [0.05, 0.1) is 42.9 Å². The van der Waals surface area contributed by atoms with Crippen molar-refractivity contribution in [1.29, 1.82) is 0 Å². The van der Waals surface area contributed by atoms with Crippen molar-refractivity contribution in [1.82, 2.24) is 30.8 Å². The van der Waals surface area contributed by atoms with Gasteiger partial charge in [0.1, 0.15) is 17.5 Å². The standard InChI is InChI=1S/C34H36N8O9/c1-34(37-16-28(44)45,38-17-29(46)47)41-26(33(50)51)12-14-42(19-30(48)49)18-27(43)39-23-9-4-20(5-10-23)6-11-25-24(35)15-22-8-7-21-3-2-13-36-31(21)32(22)40-25/h2-5,7-10,13,15,26,37-38,41H,12,14,16-19,35H2,1H3,(H,39,43)(H,44,45)(H,46,47)(H,48,49)(H,50,51). The zero-order chi connectivity index (χ0) is 37.1. The Kier molecular flexibility index (Phi) is 12.5. The lowest BCUT2D eigenvalue weighted by Crippen LogP contribution is -2.69. The maximum absolute atomic E-state index is 12.9. The fraction of sp³-hybridized carbons (Fsp3) is 0.265. The van der Waals surface area contributed by atoms with Crippen molar-refractivity contribution < 1.29 is 44.4 Å². The van der Waals surface area contributed by atoms with Gasteiger partial charge in [0.15, 0.2) is 0 Å². The minimum absolute atomic E-state index is 0.177. The molecule has 4 rings (SSSR count). The molecule has 0 bridgehead atoms. The van der Waals surface area contributed by atoms with Gasteiger partial charge < -0.3 is 31.5 Å². The first-order valence-electron chi connectivity index (χ1n) is 15.5. The topological polar surface area (TPSA) is 269 Å². The molecule has 1 atom stereocenters. The Morgan fingerprint density at radius 2 is 1.53 bits per heavy atom. The maximum Gasteiger partial charge on any atom is 0.320 e. The van der Waals surface area contributed by atoms with Gasteiger partial charge in [-0.15, -0.1) is 0 Å². The van der Waals surface area contributed by atoms with Crippen LogP contribution in [0, 0.1) is 11.8 Å². The summed E-state index contributed by atoms with van der Waals surface area (Å²) in [4.78, 5) is 68.9. The zero-order valence-electron chi connectivity index (χ0n) is 27.3. The second kappa shape index (κ2) is 17.0. The van der Waals surface area contributed by atoms with Crippen LogP contribution >= 0.6 is 0 Å². The number of fused-ring (bicyclic) bond motifs is 3. The molecule has 2 heterocycles. The van der Waals surface area contributed by atoms with Crippen molar-refractivity contribution in [3.8, 4) is 11.8 Å². The third-order valence-electron chi connectivity index (χ3n) is 7.49. The fourth-order valence-electron chi connectivity index (χ4n) is 5.06. The lowest BCUT2D eigenvalue weighted by atomic mass is 10.1. The number of hydrogen-bond donors (Lipinski definition) is 9. The molecule has 0 aliphatic carbocycles. The molecule has 1 amide bonds. The number of anilines is 2. The molecule has 10 N–H and O–H groups in total. The number of nitrogen functional groups attached to an aromatic ring is 1. The Labute approximate surface area is 290 Å². The molecule has 0 spiro atoms. The third-order valence-corrected chi connectivity index (χ3v) is 7.49. The number of amides is 1. The molecule has 266 valence electrons. The lowest BCUT2D eigenvalue weighted by Gasteiger charge is -2.35. The van der Waals surface area contributed by atoms with Crippen molar-refractivity contribution in [3.05, 3.63) is 72.1 Å². The molecular formula is C34H36N8O9. The van der Waals surface area contributed by atoms with E-state index in [9.17, 15) is 34.2 Å². The Morgan fingerprint density at radius 3 is 2.16 bits per heavy atom. The Bertz CT molecular complexity index is 1990. The van der Waals surface area contributed by atoms with E-state index < -0.39 is 67.8 Å². The maximum atomic E-state index is 12.9. The first kappa shape index (κ1) is 37.6. The molecule has 2 aromatic heterocycles. The van der Waals surface area contributed by atoms with Gasteiger partial charge in [-0.25, -0.2) is 4.98 Å². The molecule has 2 aromatic carbocycles. The summed E-state index contributed by atoms with van der Waals surface area (Å²) < 4.78 is 0. The molecular weight excluding hydrogens is 664 g/mol. The second-order valence-electron chi connectivity index (χ2n) is 11.6. The number of carboxylic acids is 4. The first-order valence-corrected chi connectivity index (χ1v) is 15.5. The van der Waals surface area contributed by atoms with Crippen molar-refractivity contribution in [2.45, 2.75) is 25.2 Å². The van der Waals surface area contributed by atoms with Crippen LogP contribution in [0.1, 0.15) is 24.6 Å². The van der Waals surface area contributed by atoms with E-state index in [0.29, 0.717) is 28.1 Å². The van der Waals surface area contributed by atoms with Crippen LogP contribution in [0.25, 0.3) is 21.8 Å². The van der Waals surface area contributed by atoms with Crippen LogP contribution in [0.5, 0.6) is 0 Å². The minimum atomic E-state index is -1.64. The highest BCUT2D eigenvalue weighted by molar-refractivity contribution is 6.03. The summed E-state index contributed by atoms with van der Waals surface area (Å²) in [5.74, 6) is -1.39. The van der Waals surface area contributed by atoms with E-state index in [4.69, 9.17) is 15.9 Å². The average molecular weight is 701 g/mol. The van der Waals surface area contributed by atoms with Crippen LogP contribution in [0.3, 0.4) is 0 Å². The van der Waals surface area contributed by atoms with E-state index in [0.717, 1.165) is 16.3 Å². The van der Waals surface area contributed by atoms with Crippen molar-refractivity contribution >= 4 is 63.0 Å². The summed E-state index contributed by atoms with van der Waals surface area (Å²) in [6.07, 6.45) is 1.46. The van der Waals surface area contributed by atoms with Crippen LogP contribution < -0.4 is 27.0 Å². The highest BCUT2D eigenvalue weighted by atomic mass is 16.4. The van der Waals surface area contributed by atoms with Gasteiger partial charge in [-0.05, 0) is 55.7 Å².